The molecule has 0 aliphatic heterocycles. The number of hydrogen-bond acceptors (Lipinski definition) is 7. The Balaban J connectivity index is 1.44. The monoisotopic (exact) mass is 452 g/mol. The molecule has 0 fully saturated rings. The molecule has 3 aromatic carbocycles. The highest BCUT2D eigenvalue weighted by Gasteiger charge is 2.18. The van der Waals surface area contributed by atoms with Gasteiger partial charge in [-0.25, -0.2) is 9.78 Å². The summed E-state index contributed by atoms with van der Waals surface area (Å²) in [5, 5.41) is 8.25. The van der Waals surface area contributed by atoms with Crippen molar-refractivity contribution in [2.45, 2.75) is 13.5 Å². The highest BCUT2D eigenvalue weighted by molar-refractivity contribution is 5.96. The third kappa shape index (κ3) is 3.86. The summed E-state index contributed by atoms with van der Waals surface area (Å²) in [6, 6.07) is 22.0. The van der Waals surface area contributed by atoms with Gasteiger partial charge in [-0.1, -0.05) is 36.4 Å². The number of aryl methyl sites for hydroxylation is 1. The van der Waals surface area contributed by atoms with Gasteiger partial charge in [0, 0.05) is 5.56 Å². The fraction of sp³-hybridized carbons (Fsp3) is 0.115. The topological polar surface area (TPSA) is 100 Å². The molecule has 0 N–H and O–H groups in total. The molecule has 0 saturated carbocycles. The van der Waals surface area contributed by atoms with Crippen LogP contribution in [0.3, 0.4) is 0 Å². The van der Waals surface area contributed by atoms with E-state index in [9.17, 15) is 9.59 Å². The fourth-order valence-electron chi connectivity index (χ4n) is 3.82. The zero-order valence-electron chi connectivity index (χ0n) is 18.6. The Bertz CT molecular complexity index is 1570. The highest BCUT2D eigenvalue weighted by atomic mass is 16.5. The van der Waals surface area contributed by atoms with Crippen LogP contribution < -0.4 is 5.56 Å². The first-order valence-electron chi connectivity index (χ1n) is 10.6. The summed E-state index contributed by atoms with van der Waals surface area (Å²) in [6.45, 7) is 2.13. The molecule has 168 valence electrons. The smallest absolute Gasteiger partial charge is 0.338 e. The first kappa shape index (κ1) is 21.3. The normalized spacial score (nSPS) is 11.0. The van der Waals surface area contributed by atoms with Gasteiger partial charge in [0.2, 0.25) is 11.8 Å². The summed E-state index contributed by atoms with van der Waals surface area (Å²) >= 11 is 0. The molecule has 8 heteroatoms. The lowest BCUT2D eigenvalue weighted by atomic mass is 10.1. The van der Waals surface area contributed by atoms with Gasteiger partial charge in [0.25, 0.3) is 5.56 Å². The minimum atomic E-state index is -0.478. The largest absolute Gasteiger partial charge is 0.465 e. The third-order valence-corrected chi connectivity index (χ3v) is 5.54. The van der Waals surface area contributed by atoms with Crippen LogP contribution in [-0.2, 0) is 11.3 Å². The quantitative estimate of drug-likeness (QED) is 0.367. The first-order valence-corrected chi connectivity index (χ1v) is 10.6. The molecule has 0 unspecified atom stereocenters. The minimum Gasteiger partial charge on any atom is -0.465 e. The van der Waals surface area contributed by atoms with Crippen LogP contribution in [0.1, 0.15) is 21.6 Å². The number of para-hydroxylation sites is 2. The molecule has 8 nitrogen and oxygen atoms in total. The number of benzene rings is 3. The lowest BCUT2D eigenvalue weighted by Gasteiger charge is -2.11. The Morgan fingerprint density at radius 3 is 2.44 bits per heavy atom. The lowest BCUT2D eigenvalue weighted by Crippen LogP contribution is -2.24. The maximum absolute atomic E-state index is 12.7. The second-order valence-electron chi connectivity index (χ2n) is 7.72. The van der Waals surface area contributed by atoms with Gasteiger partial charge in [0.15, 0.2) is 0 Å². The molecule has 0 spiro atoms. The Morgan fingerprint density at radius 1 is 0.941 bits per heavy atom. The zero-order chi connectivity index (χ0) is 23.7. The van der Waals surface area contributed by atoms with E-state index < -0.39 is 5.97 Å². The number of rotatable bonds is 5. The summed E-state index contributed by atoms with van der Waals surface area (Å²) in [5.74, 6) is 0.0720. The number of aromatic nitrogens is 4. The van der Waals surface area contributed by atoms with E-state index >= 15 is 0 Å². The number of methoxy groups -OCH3 is 1. The number of esters is 1. The molecule has 0 atom stereocenters. The molecule has 0 aliphatic rings. The van der Waals surface area contributed by atoms with Crippen LogP contribution in [0.4, 0.5) is 0 Å². The number of fused-ring (bicyclic) bond motifs is 1. The van der Waals surface area contributed by atoms with Gasteiger partial charge in [-0.05, 0) is 48.9 Å². The van der Waals surface area contributed by atoms with Crippen molar-refractivity contribution in [1.29, 1.82) is 0 Å². The van der Waals surface area contributed by atoms with Crippen molar-refractivity contribution in [3.05, 3.63) is 100.0 Å². The van der Waals surface area contributed by atoms with E-state index in [1.807, 2.05) is 48.5 Å². The average molecular weight is 452 g/mol. The van der Waals surface area contributed by atoms with E-state index in [0.29, 0.717) is 29.3 Å². The van der Waals surface area contributed by atoms with Crippen molar-refractivity contribution in [2.24, 2.45) is 0 Å². The Kier molecular flexibility index (Phi) is 5.47. The molecule has 2 heterocycles. The summed E-state index contributed by atoms with van der Waals surface area (Å²) in [6.07, 6.45) is 0. The second kappa shape index (κ2) is 8.74. The predicted molar refractivity (Wildman–Crippen MR) is 126 cm³/mol. The number of ether oxygens (including phenoxy) is 1. The van der Waals surface area contributed by atoms with Crippen LogP contribution in [0.25, 0.3) is 33.9 Å². The molecule has 34 heavy (non-hydrogen) atoms. The lowest BCUT2D eigenvalue weighted by molar-refractivity contribution is 0.0601. The molecular formula is C26H20N4O4. The van der Waals surface area contributed by atoms with Crippen molar-refractivity contribution < 1.29 is 13.9 Å². The summed E-state index contributed by atoms with van der Waals surface area (Å²) in [7, 11) is 1.32. The minimum absolute atomic E-state index is 0.117. The van der Waals surface area contributed by atoms with E-state index in [4.69, 9.17) is 9.15 Å². The first-order chi connectivity index (χ1) is 16.5. The summed E-state index contributed by atoms with van der Waals surface area (Å²) in [5.41, 5.74) is 4.42. The average Bonchev–Trinajstić information content (AvgIpc) is 3.37. The summed E-state index contributed by atoms with van der Waals surface area (Å²) < 4.78 is 12.4. The maximum Gasteiger partial charge on any atom is 0.338 e. The van der Waals surface area contributed by atoms with Crippen LogP contribution >= 0.6 is 0 Å². The van der Waals surface area contributed by atoms with Crippen LogP contribution in [0.15, 0.2) is 82.0 Å². The van der Waals surface area contributed by atoms with E-state index in [1.165, 1.54) is 7.11 Å². The second-order valence-corrected chi connectivity index (χ2v) is 7.72. The van der Waals surface area contributed by atoms with Crippen LogP contribution in [0, 0.1) is 6.92 Å². The number of hydrogen-bond donors (Lipinski definition) is 0. The molecule has 5 aromatic rings. The van der Waals surface area contributed by atoms with Gasteiger partial charge in [-0.3, -0.25) is 4.79 Å². The molecule has 0 bridgehead atoms. The standard InChI is InChI=1S/C26H20N4O4/c1-16-25(31)30(22-10-6-5-9-21(22)27-16)15-17-11-13-18(14-12-17)23-28-29-24(34-23)19-7-3-4-8-20(19)26(32)33-2/h3-14H,15H2,1-2H3. The number of carbonyl (C=O) groups excluding carboxylic acids is 1. The Labute approximate surface area is 194 Å². The molecule has 2 aromatic heterocycles. The molecule has 0 radical (unpaired) electrons. The van der Waals surface area contributed by atoms with Gasteiger partial charge < -0.3 is 13.7 Å². The van der Waals surface area contributed by atoms with E-state index in [-0.39, 0.29) is 11.4 Å². The van der Waals surface area contributed by atoms with Gasteiger partial charge in [-0.15, -0.1) is 10.2 Å². The maximum atomic E-state index is 12.7. The molecule has 0 aliphatic carbocycles. The highest BCUT2D eigenvalue weighted by Crippen LogP contribution is 2.27. The van der Waals surface area contributed by atoms with Gasteiger partial charge in [0.1, 0.15) is 5.69 Å². The van der Waals surface area contributed by atoms with Crippen LogP contribution in [0.5, 0.6) is 0 Å². The van der Waals surface area contributed by atoms with Crippen molar-refractivity contribution in [3.8, 4) is 22.9 Å². The Hall–Kier alpha value is -4.59. The van der Waals surface area contributed by atoms with Gasteiger partial charge in [-0.2, -0.15) is 0 Å². The van der Waals surface area contributed by atoms with Gasteiger partial charge in [0.05, 0.1) is 35.8 Å². The van der Waals surface area contributed by atoms with Crippen LogP contribution in [0.2, 0.25) is 0 Å². The summed E-state index contributed by atoms with van der Waals surface area (Å²) in [4.78, 5) is 29.2. The van der Waals surface area contributed by atoms with E-state index in [1.54, 1.807) is 35.8 Å². The van der Waals surface area contributed by atoms with Gasteiger partial charge >= 0.3 is 5.97 Å². The molecular weight excluding hydrogens is 432 g/mol. The zero-order valence-corrected chi connectivity index (χ0v) is 18.6. The molecule has 0 saturated heterocycles. The third-order valence-electron chi connectivity index (χ3n) is 5.54. The van der Waals surface area contributed by atoms with E-state index in [2.05, 4.69) is 15.2 Å². The Morgan fingerprint density at radius 2 is 1.65 bits per heavy atom. The molecule has 5 rings (SSSR count). The number of nitrogens with zero attached hydrogens (tertiary/aromatic N) is 4. The fourth-order valence-corrected chi connectivity index (χ4v) is 3.82. The SMILES string of the molecule is COC(=O)c1ccccc1-c1nnc(-c2ccc(Cn3c(=O)c(C)nc4ccccc43)cc2)o1. The predicted octanol–water partition coefficient (Wildman–Crippen LogP) is 4.26. The van der Waals surface area contributed by atoms with Crippen molar-refractivity contribution in [2.75, 3.05) is 7.11 Å². The van der Waals surface area contributed by atoms with Crippen molar-refractivity contribution in [3.63, 3.8) is 0 Å². The van der Waals surface area contributed by atoms with E-state index in [0.717, 1.165) is 22.2 Å². The van der Waals surface area contributed by atoms with Crippen molar-refractivity contribution >= 4 is 17.0 Å². The molecule has 0 amide bonds. The van der Waals surface area contributed by atoms with Crippen molar-refractivity contribution in [1.82, 2.24) is 19.7 Å². The van der Waals surface area contributed by atoms with Crippen LogP contribution in [-0.4, -0.2) is 32.8 Å². The number of carbonyl (C=O) groups is 1.